The minimum Gasteiger partial charge on any atom is -0.487 e. The third kappa shape index (κ3) is 4.46. The van der Waals surface area contributed by atoms with Crippen LogP contribution in [0.1, 0.15) is 13.8 Å². The number of hydrogen-bond acceptors (Lipinski definition) is 5. The molecule has 0 aliphatic heterocycles. The van der Waals surface area contributed by atoms with Crippen molar-refractivity contribution in [1.29, 1.82) is 0 Å². The van der Waals surface area contributed by atoms with Gasteiger partial charge in [0, 0.05) is 20.0 Å². The Labute approximate surface area is 111 Å². The average molecular weight is 267 g/mol. The molecule has 1 amide bonds. The Morgan fingerprint density at radius 1 is 1.42 bits per heavy atom. The molecule has 7 heteroatoms. The van der Waals surface area contributed by atoms with Crippen molar-refractivity contribution in [2.45, 2.75) is 13.8 Å². The second-order valence-corrected chi connectivity index (χ2v) is 3.75. The zero-order valence-corrected chi connectivity index (χ0v) is 10.9. The Bertz CT molecular complexity index is 462. The Morgan fingerprint density at radius 2 is 2.16 bits per heavy atom. The Kier molecular flexibility index (Phi) is 5.59. The second kappa shape index (κ2) is 7.20. The van der Waals surface area contributed by atoms with Crippen LogP contribution >= 0.6 is 0 Å². The first-order valence-corrected chi connectivity index (χ1v) is 5.94. The number of amides is 1. The summed E-state index contributed by atoms with van der Waals surface area (Å²) in [6, 6.07) is 4.84. The fraction of sp³-hybridized carbons (Fsp3) is 0.417. The van der Waals surface area contributed by atoms with Gasteiger partial charge in [-0.2, -0.15) is 0 Å². The zero-order valence-electron chi connectivity index (χ0n) is 10.9. The Balaban J connectivity index is 2.78. The van der Waals surface area contributed by atoms with Gasteiger partial charge >= 0.3 is 5.69 Å². The lowest BCUT2D eigenvalue weighted by Gasteiger charge is -2.10. The van der Waals surface area contributed by atoms with Crippen molar-refractivity contribution >= 4 is 17.3 Å². The van der Waals surface area contributed by atoms with Gasteiger partial charge in [-0.1, -0.05) is 6.07 Å². The predicted molar refractivity (Wildman–Crippen MR) is 71.4 cm³/mol. The average Bonchev–Trinajstić information content (AvgIpc) is 2.34. The molecule has 1 rings (SSSR count). The van der Waals surface area contributed by atoms with Crippen LogP contribution in [0.3, 0.4) is 0 Å². The van der Waals surface area contributed by atoms with Crippen LogP contribution in [0.2, 0.25) is 0 Å². The van der Waals surface area contributed by atoms with E-state index < -0.39 is 4.92 Å². The maximum absolute atomic E-state index is 11.1. The highest BCUT2D eigenvalue weighted by Crippen LogP contribution is 2.34. The fourth-order valence-corrected chi connectivity index (χ4v) is 1.56. The van der Waals surface area contributed by atoms with Crippen LogP contribution in [0, 0.1) is 10.1 Å². The molecule has 0 unspecified atom stereocenters. The van der Waals surface area contributed by atoms with Crippen molar-refractivity contribution in [1.82, 2.24) is 5.32 Å². The van der Waals surface area contributed by atoms with Gasteiger partial charge in [-0.3, -0.25) is 14.9 Å². The maximum Gasteiger partial charge on any atom is 0.333 e. The van der Waals surface area contributed by atoms with Crippen molar-refractivity contribution in [3.8, 4) is 5.75 Å². The number of carbonyl (C=O) groups is 1. The summed E-state index contributed by atoms with van der Waals surface area (Å²) in [5, 5.41) is 16.6. The molecular formula is C12H17N3O4. The molecule has 0 saturated carbocycles. The van der Waals surface area contributed by atoms with E-state index in [-0.39, 0.29) is 17.3 Å². The number of anilines is 1. The maximum atomic E-state index is 11.1. The summed E-state index contributed by atoms with van der Waals surface area (Å²) in [5.41, 5.74) is 0.286. The fourth-order valence-electron chi connectivity index (χ4n) is 1.56. The zero-order chi connectivity index (χ0) is 14.3. The van der Waals surface area contributed by atoms with Gasteiger partial charge in [0.1, 0.15) is 5.69 Å². The number of benzene rings is 1. The van der Waals surface area contributed by atoms with Crippen molar-refractivity contribution < 1.29 is 14.5 Å². The number of hydrogen-bond donors (Lipinski definition) is 2. The molecule has 104 valence electrons. The third-order valence-corrected chi connectivity index (χ3v) is 2.30. The molecule has 1 aromatic carbocycles. The smallest absolute Gasteiger partial charge is 0.333 e. The van der Waals surface area contributed by atoms with Crippen LogP contribution in [0.4, 0.5) is 11.4 Å². The minimum absolute atomic E-state index is 0.0906. The lowest BCUT2D eigenvalue weighted by Crippen LogP contribution is -2.26. The molecule has 7 nitrogen and oxygen atoms in total. The highest BCUT2D eigenvalue weighted by atomic mass is 16.6. The number of rotatable bonds is 7. The van der Waals surface area contributed by atoms with Gasteiger partial charge in [0.05, 0.1) is 11.5 Å². The molecular weight excluding hydrogens is 250 g/mol. The summed E-state index contributed by atoms with van der Waals surface area (Å²) >= 11 is 0. The molecule has 0 saturated heterocycles. The van der Waals surface area contributed by atoms with Gasteiger partial charge in [-0.25, -0.2) is 0 Å². The first kappa shape index (κ1) is 14.7. The Morgan fingerprint density at radius 3 is 2.74 bits per heavy atom. The number of ether oxygens (including phenoxy) is 1. The van der Waals surface area contributed by atoms with Crippen LogP contribution in [-0.4, -0.2) is 30.5 Å². The number of carbonyl (C=O) groups excluding carboxylic acids is 1. The van der Waals surface area contributed by atoms with Crippen molar-refractivity contribution in [2.75, 3.05) is 25.0 Å². The monoisotopic (exact) mass is 267 g/mol. The van der Waals surface area contributed by atoms with Crippen LogP contribution in [0.15, 0.2) is 18.2 Å². The van der Waals surface area contributed by atoms with E-state index in [0.29, 0.717) is 25.4 Å². The third-order valence-electron chi connectivity index (χ3n) is 2.30. The largest absolute Gasteiger partial charge is 0.487 e. The number of nitrogens with one attached hydrogen (secondary N) is 2. The van der Waals surface area contributed by atoms with Crippen molar-refractivity contribution in [3.05, 3.63) is 28.3 Å². The first-order valence-electron chi connectivity index (χ1n) is 5.94. The molecule has 0 radical (unpaired) electrons. The molecule has 0 aliphatic carbocycles. The van der Waals surface area contributed by atoms with Gasteiger partial charge in [-0.15, -0.1) is 0 Å². The lowest BCUT2D eigenvalue weighted by molar-refractivity contribution is -0.384. The van der Waals surface area contributed by atoms with Gasteiger partial charge in [0.15, 0.2) is 5.75 Å². The summed E-state index contributed by atoms with van der Waals surface area (Å²) in [5.74, 6) is 0.0939. The van der Waals surface area contributed by atoms with E-state index in [1.807, 2.05) is 0 Å². The highest BCUT2D eigenvalue weighted by Gasteiger charge is 2.20. The number of nitro groups is 1. The molecule has 0 aromatic heterocycles. The van der Waals surface area contributed by atoms with Gasteiger partial charge in [-0.05, 0) is 19.1 Å². The van der Waals surface area contributed by atoms with Gasteiger partial charge in [0.25, 0.3) is 0 Å². The molecule has 0 spiro atoms. The van der Waals surface area contributed by atoms with Crippen LogP contribution in [0.5, 0.6) is 5.75 Å². The van der Waals surface area contributed by atoms with E-state index in [1.165, 1.54) is 6.92 Å². The summed E-state index contributed by atoms with van der Waals surface area (Å²) in [6.45, 7) is 4.33. The van der Waals surface area contributed by atoms with Gasteiger partial charge in [0.2, 0.25) is 5.91 Å². The molecule has 1 aromatic rings. The number of para-hydroxylation sites is 1. The van der Waals surface area contributed by atoms with E-state index in [9.17, 15) is 14.9 Å². The summed E-state index contributed by atoms with van der Waals surface area (Å²) in [7, 11) is 0. The summed E-state index contributed by atoms with van der Waals surface area (Å²) in [6.07, 6.45) is 0. The Hall–Kier alpha value is -2.31. The van der Waals surface area contributed by atoms with Crippen molar-refractivity contribution in [2.24, 2.45) is 0 Å². The molecule has 0 fully saturated rings. The molecule has 0 atom stereocenters. The van der Waals surface area contributed by atoms with E-state index in [2.05, 4.69) is 10.6 Å². The normalized spacial score (nSPS) is 9.79. The summed E-state index contributed by atoms with van der Waals surface area (Å²) in [4.78, 5) is 21.3. The lowest BCUT2D eigenvalue weighted by atomic mass is 10.2. The van der Waals surface area contributed by atoms with E-state index in [1.54, 1.807) is 25.1 Å². The molecule has 0 bridgehead atoms. The number of nitrogens with zero attached hydrogens (tertiary/aromatic N) is 1. The first-order chi connectivity index (χ1) is 9.06. The standard InChI is InChI=1S/C12H17N3O4/c1-3-19-11-6-4-5-10(12(11)15(17)18)14-8-7-13-9(2)16/h4-6,14H,3,7-8H2,1-2H3,(H,13,16). The van der Waals surface area contributed by atoms with Crippen molar-refractivity contribution in [3.63, 3.8) is 0 Å². The molecule has 2 N–H and O–H groups in total. The van der Waals surface area contributed by atoms with Gasteiger partial charge < -0.3 is 15.4 Å². The summed E-state index contributed by atoms with van der Waals surface area (Å²) < 4.78 is 5.23. The molecule has 0 aliphatic rings. The minimum atomic E-state index is -0.480. The molecule has 0 heterocycles. The van der Waals surface area contributed by atoms with Crippen LogP contribution in [-0.2, 0) is 4.79 Å². The van der Waals surface area contributed by atoms with Crippen LogP contribution < -0.4 is 15.4 Å². The predicted octanol–water partition coefficient (Wildman–Crippen LogP) is 1.54. The molecule has 19 heavy (non-hydrogen) atoms. The van der Waals surface area contributed by atoms with Crippen LogP contribution in [0.25, 0.3) is 0 Å². The van der Waals surface area contributed by atoms with E-state index in [4.69, 9.17) is 4.74 Å². The highest BCUT2D eigenvalue weighted by molar-refractivity contribution is 5.73. The second-order valence-electron chi connectivity index (χ2n) is 3.75. The SMILES string of the molecule is CCOc1cccc(NCCNC(C)=O)c1[N+](=O)[O-]. The topological polar surface area (TPSA) is 93.5 Å². The van der Waals surface area contributed by atoms with E-state index >= 15 is 0 Å². The van der Waals surface area contributed by atoms with E-state index in [0.717, 1.165) is 0 Å². The number of nitro benzene ring substituents is 1. The quantitative estimate of drug-likeness (QED) is 0.444.